The third kappa shape index (κ3) is 3.55. The van der Waals surface area contributed by atoms with E-state index in [-0.39, 0.29) is 5.82 Å². The Morgan fingerprint density at radius 1 is 1.16 bits per heavy atom. The van der Waals surface area contributed by atoms with Gasteiger partial charge in [0.25, 0.3) is 0 Å². The zero-order valence-electron chi connectivity index (χ0n) is 10.6. The standard InChI is InChI=1S/C15H15BrFNO/c1-10-2-5-15(12(6-10)8-18)19-9-11-3-4-13(17)7-14(11)16/h2-7H,8-9,18H2,1H3. The first-order chi connectivity index (χ1) is 9.10. The molecule has 0 aliphatic carbocycles. The van der Waals surface area contributed by atoms with E-state index in [0.717, 1.165) is 22.4 Å². The van der Waals surface area contributed by atoms with Crippen LogP contribution in [0, 0.1) is 12.7 Å². The molecule has 0 heterocycles. The summed E-state index contributed by atoms with van der Waals surface area (Å²) in [5.41, 5.74) is 8.71. The second kappa shape index (κ2) is 6.17. The lowest BCUT2D eigenvalue weighted by atomic mass is 10.1. The minimum atomic E-state index is -0.270. The van der Waals surface area contributed by atoms with Crippen molar-refractivity contribution in [3.63, 3.8) is 0 Å². The van der Waals surface area contributed by atoms with Gasteiger partial charge in [0.05, 0.1) is 0 Å². The van der Waals surface area contributed by atoms with Crippen LogP contribution >= 0.6 is 15.9 Å². The molecule has 0 unspecified atom stereocenters. The van der Waals surface area contributed by atoms with Gasteiger partial charge in [0, 0.05) is 22.1 Å². The molecular weight excluding hydrogens is 309 g/mol. The Hall–Kier alpha value is -1.39. The van der Waals surface area contributed by atoms with Crippen LogP contribution < -0.4 is 10.5 Å². The second-order valence-electron chi connectivity index (χ2n) is 4.34. The quantitative estimate of drug-likeness (QED) is 0.925. The summed E-state index contributed by atoms with van der Waals surface area (Å²) < 4.78 is 19.4. The zero-order valence-corrected chi connectivity index (χ0v) is 12.2. The highest BCUT2D eigenvalue weighted by molar-refractivity contribution is 9.10. The first-order valence-electron chi connectivity index (χ1n) is 5.96. The van der Waals surface area contributed by atoms with E-state index in [1.165, 1.54) is 12.1 Å². The monoisotopic (exact) mass is 323 g/mol. The molecule has 4 heteroatoms. The minimum Gasteiger partial charge on any atom is -0.489 e. The van der Waals surface area contributed by atoms with Crippen LogP contribution in [0.15, 0.2) is 40.9 Å². The van der Waals surface area contributed by atoms with E-state index in [0.29, 0.717) is 17.6 Å². The summed E-state index contributed by atoms with van der Waals surface area (Å²) in [6, 6.07) is 10.5. The van der Waals surface area contributed by atoms with Crippen LogP contribution in [-0.4, -0.2) is 0 Å². The SMILES string of the molecule is Cc1ccc(OCc2ccc(F)cc2Br)c(CN)c1. The summed E-state index contributed by atoms with van der Waals surface area (Å²) in [5.74, 6) is 0.498. The summed E-state index contributed by atoms with van der Waals surface area (Å²) in [5, 5.41) is 0. The molecule has 0 bridgehead atoms. The van der Waals surface area contributed by atoms with E-state index >= 15 is 0 Å². The lowest BCUT2D eigenvalue weighted by molar-refractivity contribution is 0.302. The maximum absolute atomic E-state index is 13.0. The molecule has 2 aromatic carbocycles. The van der Waals surface area contributed by atoms with Crippen LogP contribution in [0.3, 0.4) is 0 Å². The van der Waals surface area contributed by atoms with Crippen molar-refractivity contribution in [3.05, 3.63) is 63.4 Å². The van der Waals surface area contributed by atoms with Gasteiger partial charge in [-0.1, -0.05) is 39.7 Å². The van der Waals surface area contributed by atoms with E-state index in [4.69, 9.17) is 10.5 Å². The number of hydrogen-bond acceptors (Lipinski definition) is 2. The highest BCUT2D eigenvalue weighted by atomic mass is 79.9. The number of aryl methyl sites for hydroxylation is 1. The number of hydrogen-bond donors (Lipinski definition) is 1. The van der Waals surface area contributed by atoms with Crippen LogP contribution in [0.5, 0.6) is 5.75 Å². The molecule has 2 N–H and O–H groups in total. The first kappa shape index (κ1) is 14.0. The normalized spacial score (nSPS) is 10.5. The van der Waals surface area contributed by atoms with Gasteiger partial charge in [-0.2, -0.15) is 0 Å². The van der Waals surface area contributed by atoms with Crippen molar-refractivity contribution in [2.45, 2.75) is 20.1 Å². The van der Waals surface area contributed by atoms with E-state index in [9.17, 15) is 4.39 Å². The zero-order chi connectivity index (χ0) is 13.8. The molecule has 0 amide bonds. The average molecular weight is 324 g/mol. The van der Waals surface area contributed by atoms with Crippen LogP contribution in [0.1, 0.15) is 16.7 Å². The van der Waals surface area contributed by atoms with Gasteiger partial charge >= 0.3 is 0 Å². The van der Waals surface area contributed by atoms with Crippen LogP contribution in [0.25, 0.3) is 0 Å². The Morgan fingerprint density at radius 3 is 2.63 bits per heavy atom. The molecule has 2 aromatic rings. The molecule has 0 saturated carbocycles. The number of nitrogens with two attached hydrogens (primary N) is 1. The van der Waals surface area contributed by atoms with Crippen molar-refractivity contribution < 1.29 is 9.13 Å². The molecule has 0 aliphatic rings. The minimum absolute atomic E-state index is 0.270. The molecule has 2 rings (SSSR count). The third-order valence-corrected chi connectivity index (χ3v) is 3.57. The predicted octanol–water partition coefficient (Wildman–Crippen LogP) is 3.93. The largest absolute Gasteiger partial charge is 0.489 e. The van der Waals surface area contributed by atoms with E-state index in [1.54, 1.807) is 6.07 Å². The Labute approximate surface area is 120 Å². The molecule has 0 atom stereocenters. The Morgan fingerprint density at radius 2 is 1.95 bits per heavy atom. The van der Waals surface area contributed by atoms with Crippen molar-refractivity contribution in [2.24, 2.45) is 5.73 Å². The molecule has 2 nitrogen and oxygen atoms in total. The fourth-order valence-corrected chi connectivity index (χ4v) is 2.27. The van der Waals surface area contributed by atoms with Crippen molar-refractivity contribution in [1.29, 1.82) is 0 Å². The third-order valence-electron chi connectivity index (χ3n) is 2.83. The summed E-state index contributed by atoms with van der Waals surface area (Å²) in [6.45, 7) is 2.82. The Bertz CT molecular complexity index is 586. The maximum atomic E-state index is 13.0. The van der Waals surface area contributed by atoms with Gasteiger partial charge in [-0.05, 0) is 25.1 Å². The molecule has 0 saturated heterocycles. The van der Waals surface area contributed by atoms with E-state index < -0.39 is 0 Å². The number of ether oxygens (including phenoxy) is 1. The number of rotatable bonds is 4. The van der Waals surface area contributed by atoms with Crippen LogP contribution in [0.2, 0.25) is 0 Å². The van der Waals surface area contributed by atoms with E-state index in [1.807, 2.05) is 25.1 Å². The lowest BCUT2D eigenvalue weighted by Crippen LogP contribution is -2.03. The molecule has 0 spiro atoms. The smallest absolute Gasteiger partial charge is 0.124 e. The van der Waals surface area contributed by atoms with Gasteiger partial charge in [-0.15, -0.1) is 0 Å². The van der Waals surface area contributed by atoms with E-state index in [2.05, 4.69) is 15.9 Å². The van der Waals surface area contributed by atoms with Crippen LogP contribution in [-0.2, 0) is 13.2 Å². The van der Waals surface area contributed by atoms with Crippen LogP contribution in [0.4, 0.5) is 4.39 Å². The topological polar surface area (TPSA) is 35.2 Å². The average Bonchev–Trinajstić information content (AvgIpc) is 2.39. The Kier molecular flexibility index (Phi) is 4.56. The molecule has 0 fully saturated rings. The van der Waals surface area contributed by atoms with Gasteiger partial charge < -0.3 is 10.5 Å². The molecule has 0 aromatic heterocycles. The first-order valence-corrected chi connectivity index (χ1v) is 6.76. The predicted molar refractivity (Wildman–Crippen MR) is 77.5 cm³/mol. The van der Waals surface area contributed by atoms with Crippen molar-refractivity contribution in [3.8, 4) is 5.75 Å². The fraction of sp³-hybridized carbons (Fsp3) is 0.200. The summed E-state index contributed by atoms with van der Waals surface area (Å²) in [7, 11) is 0. The second-order valence-corrected chi connectivity index (χ2v) is 5.19. The van der Waals surface area contributed by atoms with Gasteiger partial charge in [0.1, 0.15) is 18.2 Å². The van der Waals surface area contributed by atoms with Gasteiger partial charge in [-0.3, -0.25) is 0 Å². The lowest BCUT2D eigenvalue weighted by Gasteiger charge is -2.12. The molecule has 19 heavy (non-hydrogen) atoms. The Balaban J connectivity index is 2.14. The highest BCUT2D eigenvalue weighted by Gasteiger charge is 2.06. The molecular formula is C15H15BrFNO. The maximum Gasteiger partial charge on any atom is 0.124 e. The summed E-state index contributed by atoms with van der Waals surface area (Å²) in [6.07, 6.45) is 0. The number of benzene rings is 2. The van der Waals surface area contributed by atoms with Crippen molar-refractivity contribution >= 4 is 15.9 Å². The van der Waals surface area contributed by atoms with Crippen molar-refractivity contribution in [1.82, 2.24) is 0 Å². The number of halogens is 2. The summed E-state index contributed by atoms with van der Waals surface area (Å²) in [4.78, 5) is 0. The summed E-state index contributed by atoms with van der Waals surface area (Å²) >= 11 is 3.32. The van der Waals surface area contributed by atoms with Gasteiger partial charge in [0.15, 0.2) is 0 Å². The molecule has 0 aliphatic heterocycles. The molecule has 0 radical (unpaired) electrons. The fourth-order valence-electron chi connectivity index (χ4n) is 1.80. The van der Waals surface area contributed by atoms with Crippen molar-refractivity contribution in [2.75, 3.05) is 0 Å². The molecule has 100 valence electrons. The van der Waals surface area contributed by atoms with Gasteiger partial charge in [-0.25, -0.2) is 4.39 Å². The highest BCUT2D eigenvalue weighted by Crippen LogP contribution is 2.23. The van der Waals surface area contributed by atoms with Gasteiger partial charge in [0.2, 0.25) is 0 Å².